The highest BCUT2D eigenvalue weighted by Crippen LogP contribution is 2.43. The summed E-state index contributed by atoms with van der Waals surface area (Å²) in [5, 5.41) is 9.97. The SMILES string of the molecule is CCCC[C@H]1CC[C@@](C#N)(c2ccc(-c3ccc(CCC)cc3)cc2)CC1. The van der Waals surface area contributed by atoms with Crippen LogP contribution in [0.15, 0.2) is 48.5 Å². The molecule has 1 nitrogen and oxygen atoms in total. The highest BCUT2D eigenvalue weighted by Gasteiger charge is 2.36. The summed E-state index contributed by atoms with van der Waals surface area (Å²) in [6.07, 6.45) is 10.7. The van der Waals surface area contributed by atoms with Gasteiger partial charge < -0.3 is 0 Å². The number of rotatable bonds is 7. The van der Waals surface area contributed by atoms with E-state index in [0.717, 1.165) is 25.2 Å². The number of nitrogens with zero attached hydrogens (tertiary/aromatic N) is 1. The van der Waals surface area contributed by atoms with E-state index in [1.807, 2.05) is 0 Å². The first-order chi connectivity index (χ1) is 13.2. The molecule has 1 saturated carbocycles. The van der Waals surface area contributed by atoms with Gasteiger partial charge in [0, 0.05) is 0 Å². The van der Waals surface area contributed by atoms with Crippen molar-refractivity contribution in [2.75, 3.05) is 0 Å². The Balaban J connectivity index is 1.71. The molecule has 142 valence electrons. The fourth-order valence-electron chi connectivity index (χ4n) is 4.55. The van der Waals surface area contributed by atoms with Crippen LogP contribution in [0.1, 0.15) is 76.3 Å². The van der Waals surface area contributed by atoms with Crippen molar-refractivity contribution in [3.63, 3.8) is 0 Å². The second-order valence-corrected chi connectivity index (χ2v) is 8.30. The van der Waals surface area contributed by atoms with Crippen molar-refractivity contribution in [1.82, 2.24) is 0 Å². The Labute approximate surface area is 165 Å². The molecule has 3 rings (SSSR count). The van der Waals surface area contributed by atoms with Gasteiger partial charge in [0.25, 0.3) is 0 Å². The van der Waals surface area contributed by atoms with Gasteiger partial charge in [0.15, 0.2) is 0 Å². The van der Waals surface area contributed by atoms with E-state index in [2.05, 4.69) is 68.4 Å². The Morgan fingerprint density at radius 3 is 2.00 bits per heavy atom. The Morgan fingerprint density at radius 2 is 1.48 bits per heavy atom. The fourth-order valence-corrected chi connectivity index (χ4v) is 4.55. The molecule has 0 atom stereocenters. The topological polar surface area (TPSA) is 23.8 Å². The lowest BCUT2D eigenvalue weighted by atomic mass is 9.67. The maximum Gasteiger partial charge on any atom is 0.0822 e. The number of nitriles is 1. The maximum atomic E-state index is 9.97. The second kappa shape index (κ2) is 9.23. The Morgan fingerprint density at radius 1 is 0.889 bits per heavy atom. The van der Waals surface area contributed by atoms with Gasteiger partial charge in [-0.3, -0.25) is 0 Å². The molecule has 0 bridgehead atoms. The van der Waals surface area contributed by atoms with Crippen LogP contribution < -0.4 is 0 Å². The lowest BCUT2D eigenvalue weighted by Crippen LogP contribution is -2.30. The molecule has 0 saturated heterocycles. The molecule has 27 heavy (non-hydrogen) atoms. The predicted octanol–water partition coefficient (Wildman–Crippen LogP) is 7.45. The molecule has 1 aliphatic rings. The molecule has 0 heterocycles. The van der Waals surface area contributed by atoms with Crippen molar-refractivity contribution in [2.24, 2.45) is 5.92 Å². The van der Waals surface area contributed by atoms with Gasteiger partial charge in [0.2, 0.25) is 0 Å². The Bertz CT molecular complexity index is 740. The van der Waals surface area contributed by atoms with Crippen LogP contribution in [0.3, 0.4) is 0 Å². The minimum absolute atomic E-state index is 0.272. The summed E-state index contributed by atoms with van der Waals surface area (Å²) in [5.41, 5.74) is 4.85. The fraction of sp³-hybridized carbons (Fsp3) is 0.500. The van der Waals surface area contributed by atoms with E-state index in [9.17, 15) is 5.26 Å². The maximum absolute atomic E-state index is 9.97. The van der Waals surface area contributed by atoms with E-state index in [1.54, 1.807) is 0 Å². The molecule has 0 N–H and O–H groups in total. The average Bonchev–Trinajstić information content (AvgIpc) is 2.74. The number of benzene rings is 2. The molecule has 0 aliphatic heterocycles. The first-order valence-electron chi connectivity index (χ1n) is 10.8. The van der Waals surface area contributed by atoms with Gasteiger partial charge in [-0.15, -0.1) is 0 Å². The first-order valence-corrected chi connectivity index (χ1v) is 10.8. The summed E-state index contributed by atoms with van der Waals surface area (Å²) >= 11 is 0. The highest BCUT2D eigenvalue weighted by atomic mass is 14.4. The van der Waals surface area contributed by atoms with E-state index < -0.39 is 0 Å². The van der Waals surface area contributed by atoms with Crippen molar-refractivity contribution < 1.29 is 0 Å². The zero-order valence-electron chi connectivity index (χ0n) is 17.0. The summed E-state index contributed by atoms with van der Waals surface area (Å²) < 4.78 is 0. The molecule has 2 aromatic carbocycles. The molecule has 0 aromatic heterocycles. The molecule has 0 amide bonds. The molecule has 0 radical (unpaired) electrons. The van der Waals surface area contributed by atoms with Crippen LogP contribution in [0, 0.1) is 17.2 Å². The predicted molar refractivity (Wildman–Crippen MR) is 115 cm³/mol. The third-order valence-electron chi connectivity index (χ3n) is 6.40. The third-order valence-corrected chi connectivity index (χ3v) is 6.40. The van der Waals surface area contributed by atoms with Crippen molar-refractivity contribution in [3.05, 3.63) is 59.7 Å². The summed E-state index contributed by atoms with van der Waals surface area (Å²) in [5.74, 6) is 0.826. The lowest BCUT2D eigenvalue weighted by Gasteiger charge is -2.35. The van der Waals surface area contributed by atoms with Gasteiger partial charge in [-0.2, -0.15) is 5.26 Å². The summed E-state index contributed by atoms with van der Waals surface area (Å²) in [6, 6.07) is 20.4. The van der Waals surface area contributed by atoms with Crippen LogP contribution in [0.2, 0.25) is 0 Å². The number of hydrogen-bond acceptors (Lipinski definition) is 1. The van der Waals surface area contributed by atoms with Crippen molar-refractivity contribution in [1.29, 1.82) is 5.26 Å². The Kier molecular flexibility index (Phi) is 6.73. The second-order valence-electron chi connectivity index (χ2n) is 8.30. The van der Waals surface area contributed by atoms with E-state index >= 15 is 0 Å². The largest absolute Gasteiger partial charge is 0.197 e. The van der Waals surface area contributed by atoms with Gasteiger partial charge in [-0.1, -0.05) is 88.1 Å². The smallest absolute Gasteiger partial charge is 0.0822 e. The Hall–Kier alpha value is -2.07. The van der Waals surface area contributed by atoms with Crippen LogP contribution in [0.5, 0.6) is 0 Å². The molecular weight excluding hydrogens is 326 g/mol. The normalized spacial score (nSPS) is 22.3. The van der Waals surface area contributed by atoms with E-state index in [-0.39, 0.29) is 5.41 Å². The highest BCUT2D eigenvalue weighted by molar-refractivity contribution is 5.64. The van der Waals surface area contributed by atoms with Gasteiger partial charge in [0.05, 0.1) is 11.5 Å². The molecule has 1 heteroatoms. The van der Waals surface area contributed by atoms with Crippen LogP contribution in [-0.4, -0.2) is 0 Å². The van der Waals surface area contributed by atoms with E-state index in [4.69, 9.17) is 0 Å². The molecule has 0 unspecified atom stereocenters. The van der Waals surface area contributed by atoms with Gasteiger partial charge in [-0.25, -0.2) is 0 Å². The van der Waals surface area contributed by atoms with Crippen LogP contribution >= 0.6 is 0 Å². The van der Waals surface area contributed by atoms with Gasteiger partial charge >= 0.3 is 0 Å². The number of hydrogen-bond donors (Lipinski definition) is 0. The minimum Gasteiger partial charge on any atom is -0.197 e. The summed E-state index contributed by atoms with van der Waals surface area (Å²) in [7, 11) is 0. The summed E-state index contributed by atoms with van der Waals surface area (Å²) in [4.78, 5) is 0. The molecular formula is C26H33N. The molecule has 2 aromatic rings. The molecule has 0 spiro atoms. The van der Waals surface area contributed by atoms with Gasteiger partial charge in [-0.05, 0) is 60.3 Å². The standard InChI is InChI=1S/C26H33N/c1-3-5-7-22-16-18-26(20-27,19-17-22)25-14-12-24(13-15-25)23-10-8-21(6-4-2)9-11-23/h8-15,22H,3-7,16-19H2,1-2H3/t22-,26+. The minimum atomic E-state index is -0.272. The number of aryl methyl sites for hydroxylation is 1. The monoisotopic (exact) mass is 359 g/mol. The van der Waals surface area contributed by atoms with E-state index in [0.29, 0.717) is 0 Å². The lowest BCUT2D eigenvalue weighted by molar-refractivity contribution is 0.263. The summed E-state index contributed by atoms with van der Waals surface area (Å²) in [6.45, 7) is 4.48. The number of unbranched alkanes of at least 4 members (excludes halogenated alkanes) is 1. The van der Waals surface area contributed by atoms with E-state index in [1.165, 1.54) is 60.8 Å². The molecule has 1 aliphatic carbocycles. The zero-order valence-corrected chi connectivity index (χ0v) is 17.0. The quantitative estimate of drug-likeness (QED) is 0.503. The average molecular weight is 360 g/mol. The van der Waals surface area contributed by atoms with Gasteiger partial charge in [0.1, 0.15) is 0 Å². The van der Waals surface area contributed by atoms with Crippen molar-refractivity contribution in [2.45, 2.75) is 77.0 Å². The van der Waals surface area contributed by atoms with Crippen LogP contribution in [0.25, 0.3) is 11.1 Å². The first kappa shape index (κ1) is 19.7. The third kappa shape index (κ3) is 4.62. The zero-order chi connectivity index (χ0) is 19.1. The molecule has 1 fully saturated rings. The van der Waals surface area contributed by atoms with Crippen molar-refractivity contribution in [3.8, 4) is 17.2 Å². The van der Waals surface area contributed by atoms with Crippen LogP contribution in [0.4, 0.5) is 0 Å². The van der Waals surface area contributed by atoms with Crippen molar-refractivity contribution >= 4 is 0 Å². The van der Waals surface area contributed by atoms with Crippen LogP contribution in [-0.2, 0) is 11.8 Å².